The van der Waals surface area contributed by atoms with Crippen molar-refractivity contribution in [2.24, 2.45) is 0 Å². The Balaban J connectivity index is 1.44. The summed E-state index contributed by atoms with van der Waals surface area (Å²) in [5, 5.41) is 3.12. The molecule has 1 amide bonds. The van der Waals surface area contributed by atoms with Crippen molar-refractivity contribution in [1.29, 1.82) is 0 Å². The molecule has 27 heavy (non-hydrogen) atoms. The monoisotopic (exact) mass is 371 g/mol. The zero-order chi connectivity index (χ0) is 19.1. The summed E-state index contributed by atoms with van der Waals surface area (Å²) >= 11 is 0. The van der Waals surface area contributed by atoms with Gasteiger partial charge in [0.25, 0.3) is 0 Å². The number of nitrogens with zero attached hydrogens (tertiary/aromatic N) is 2. The topological polar surface area (TPSA) is 82.6 Å². The molecule has 1 saturated carbocycles. The minimum atomic E-state index is 0.0336. The Kier molecular flexibility index (Phi) is 6.46. The summed E-state index contributed by atoms with van der Waals surface area (Å²) in [6.45, 7) is 0. The average molecular weight is 371 g/mol. The minimum absolute atomic E-state index is 0.0336. The maximum Gasteiger partial charge on any atom is 0.235 e. The van der Waals surface area contributed by atoms with Crippen LogP contribution in [-0.2, 0) is 11.2 Å². The SMILES string of the molecule is COc1cccc(CC(=O)NC2CCC(Oc3cncc(OC)n3)CC2)c1. The van der Waals surface area contributed by atoms with Crippen LogP contribution in [0.2, 0.25) is 0 Å². The number of nitrogens with one attached hydrogen (secondary N) is 1. The zero-order valence-corrected chi connectivity index (χ0v) is 15.7. The van der Waals surface area contributed by atoms with Gasteiger partial charge in [0.1, 0.15) is 11.9 Å². The molecular weight excluding hydrogens is 346 g/mol. The number of amides is 1. The molecule has 1 aliphatic carbocycles. The molecule has 1 aromatic carbocycles. The third kappa shape index (κ3) is 5.57. The van der Waals surface area contributed by atoms with E-state index in [4.69, 9.17) is 14.2 Å². The Morgan fingerprint density at radius 3 is 2.63 bits per heavy atom. The maximum atomic E-state index is 12.3. The number of benzene rings is 1. The molecule has 144 valence electrons. The number of carbonyl (C=O) groups excluding carboxylic acids is 1. The molecule has 0 saturated heterocycles. The molecule has 3 rings (SSSR count). The van der Waals surface area contributed by atoms with Gasteiger partial charge in [-0.1, -0.05) is 12.1 Å². The summed E-state index contributed by atoms with van der Waals surface area (Å²) in [5.41, 5.74) is 0.945. The highest BCUT2D eigenvalue weighted by Crippen LogP contribution is 2.23. The number of carbonyl (C=O) groups is 1. The van der Waals surface area contributed by atoms with Crippen molar-refractivity contribution in [3.8, 4) is 17.5 Å². The molecule has 0 aliphatic heterocycles. The van der Waals surface area contributed by atoms with Gasteiger partial charge in [-0.2, -0.15) is 4.98 Å². The second-order valence-corrected chi connectivity index (χ2v) is 6.59. The molecule has 0 radical (unpaired) electrons. The van der Waals surface area contributed by atoms with Crippen LogP contribution in [0.4, 0.5) is 0 Å². The van der Waals surface area contributed by atoms with E-state index in [0.717, 1.165) is 37.0 Å². The molecule has 0 spiro atoms. The van der Waals surface area contributed by atoms with Crippen LogP contribution < -0.4 is 19.5 Å². The van der Waals surface area contributed by atoms with Crippen LogP contribution in [0.25, 0.3) is 0 Å². The highest BCUT2D eigenvalue weighted by molar-refractivity contribution is 5.79. The van der Waals surface area contributed by atoms with Gasteiger partial charge >= 0.3 is 0 Å². The third-order valence-electron chi connectivity index (χ3n) is 4.63. The molecule has 1 aromatic heterocycles. The lowest BCUT2D eigenvalue weighted by atomic mass is 9.92. The standard InChI is InChI=1S/C20H25N3O4/c1-25-17-5-3-4-14(10-17)11-18(24)22-15-6-8-16(9-7-15)27-20-13-21-12-19(23-20)26-2/h3-5,10,12-13,15-16H,6-9,11H2,1-2H3,(H,22,24). The predicted octanol–water partition coefficient (Wildman–Crippen LogP) is 2.54. The van der Waals surface area contributed by atoms with Crippen molar-refractivity contribution in [3.63, 3.8) is 0 Å². The molecule has 7 nitrogen and oxygen atoms in total. The zero-order valence-electron chi connectivity index (χ0n) is 15.7. The van der Waals surface area contributed by atoms with Crippen molar-refractivity contribution >= 4 is 5.91 Å². The number of rotatable bonds is 7. The summed E-state index contributed by atoms with van der Waals surface area (Å²) in [7, 11) is 3.17. The molecule has 0 bridgehead atoms. The lowest BCUT2D eigenvalue weighted by Gasteiger charge is -2.29. The quantitative estimate of drug-likeness (QED) is 0.805. The van der Waals surface area contributed by atoms with E-state index >= 15 is 0 Å². The van der Waals surface area contributed by atoms with Gasteiger partial charge < -0.3 is 19.5 Å². The Morgan fingerprint density at radius 2 is 1.89 bits per heavy atom. The average Bonchev–Trinajstić information content (AvgIpc) is 2.69. The Hall–Kier alpha value is -2.83. The largest absolute Gasteiger partial charge is 0.497 e. The van der Waals surface area contributed by atoms with Gasteiger partial charge in [0.2, 0.25) is 17.7 Å². The molecule has 7 heteroatoms. The van der Waals surface area contributed by atoms with Crippen molar-refractivity contribution in [1.82, 2.24) is 15.3 Å². The van der Waals surface area contributed by atoms with Gasteiger partial charge in [-0.05, 0) is 43.4 Å². The van der Waals surface area contributed by atoms with Gasteiger partial charge in [0.15, 0.2) is 0 Å². The minimum Gasteiger partial charge on any atom is -0.497 e. The fourth-order valence-electron chi connectivity index (χ4n) is 3.23. The van der Waals surface area contributed by atoms with Crippen molar-refractivity contribution < 1.29 is 19.0 Å². The fraction of sp³-hybridized carbons (Fsp3) is 0.450. The maximum absolute atomic E-state index is 12.3. The summed E-state index contributed by atoms with van der Waals surface area (Å²) < 4.78 is 16.1. The van der Waals surface area contributed by atoms with E-state index in [1.165, 1.54) is 0 Å². The van der Waals surface area contributed by atoms with E-state index in [-0.39, 0.29) is 18.1 Å². The first kappa shape index (κ1) is 18.9. The van der Waals surface area contributed by atoms with Gasteiger partial charge in [0.05, 0.1) is 33.0 Å². The number of methoxy groups -OCH3 is 2. The lowest BCUT2D eigenvalue weighted by Crippen LogP contribution is -2.40. The molecule has 1 fully saturated rings. The van der Waals surface area contributed by atoms with Crippen molar-refractivity contribution in [2.75, 3.05) is 14.2 Å². The molecule has 1 N–H and O–H groups in total. The van der Waals surface area contributed by atoms with Crippen LogP contribution in [0.1, 0.15) is 31.2 Å². The van der Waals surface area contributed by atoms with Crippen LogP contribution >= 0.6 is 0 Å². The highest BCUT2D eigenvalue weighted by atomic mass is 16.5. The molecule has 0 atom stereocenters. The molecule has 1 aliphatic rings. The first-order chi connectivity index (χ1) is 13.2. The summed E-state index contributed by atoms with van der Waals surface area (Å²) in [6.07, 6.45) is 7.06. The van der Waals surface area contributed by atoms with E-state index in [1.54, 1.807) is 26.6 Å². The first-order valence-electron chi connectivity index (χ1n) is 9.11. The normalized spacial score (nSPS) is 19.2. The van der Waals surface area contributed by atoms with E-state index in [2.05, 4.69) is 15.3 Å². The van der Waals surface area contributed by atoms with Gasteiger partial charge in [-0.15, -0.1) is 0 Å². The van der Waals surface area contributed by atoms with E-state index < -0.39 is 0 Å². The second kappa shape index (κ2) is 9.21. The number of hydrogen-bond acceptors (Lipinski definition) is 6. The predicted molar refractivity (Wildman–Crippen MR) is 100 cm³/mol. The second-order valence-electron chi connectivity index (χ2n) is 6.59. The van der Waals surface area contributed by atoms with Crippen LogP contribution in [0.5, 0.6) is 17.5 Å². The van der Waals surface area contributed by atoms with E-state index in [1.807, 2.05) is 24.3 Å². The number of aromatic nitrogens is 2. The number of hydrogen-bond donors (Lipinski definition) is 1. The van der Waals surface area contributed by atoms with Crippen molar-refractivity contribution in [2.45, 2.75) is 44.2 Å². The summed E-state index contributed by atoms with van der Waals surface area (Å²) in [6, 6.07) is 7.77. The summed E-state index contributed by atoms with van der Waals surface area (Å²) in [5.74, 6) is 1.70. The third-order valence-corrected chi connectivity index (χ3v) is 4.63. The highest BCUT2D eigenvalue weighted by Gasteiger charge is 2.24. The van der Waals surface area contributed by atoms with Crippen LogP contribution in [0.15, 0.2) is 36.7 Å². The molecule has 2 aromatic rings. The lowest BCUT2D eigenvalue weighted by molar-refractivity contribution is -0.121. The van der Waals surface area contributed by atoms with E-state index in [9.17, 15) is 4.79 Å². The number of ether oxygens (including phenoxy) is 3. The Bertz CT molecular complexity index is 760. The molecule has 1 heterocycles. The van der Waals surface area contributed by atoms with E-state index in [0.29, 0.717) is 18.2 Å². The summed E-state index contributed by atoms with van der Waals surface area (Å²) in [4.78, 5) is 20.6. The van der Waals surface area contributed by atoms with Crippen molar-refractivity contribution in [3.05, 3.63) is 42.2 Å². The first-order valence-corrected chi connectivity index (χ1v) is 9.11. The van der Waals surface area contributed by atoms with Crippen LogP contribution in [-0.4, -0.2) is 42.2 Å². The molecule has 0 unspecified atom stereocenters. The fourth-order valence-corrected chi connectivity index (χ4v) is 3.23. The van der Waals surface area contributed by atoms with Gasteiger partial charge in [0, 0.05) is 6.04 Å². The Morgan fingerprint density at radius 1 is 1.11 bits per heavy atom. The van der Waals surface area contributed by atoms with Gasteiger partial charge in [-0.3, -0.25) is 9.78 Å². The van der Waals surface area contributed by atoms with Crippen LogP contribution in [0.3, 0.4) is 0 Å². The van der Waals surface area contributed by atoms with Crippen LogP contribution in [0, 0.1) is 0 Å². The Labute approximate surface area is 159 Å². The molecular formula is C20H25N3O4. The van der Waals surface area contributed by atoms with Gasteiger partial charge in [-0.25, -0.2) is 0 Å². The smallest absolute Gasteiger partial charge is 0.235 e.